The summed E-state index contributed by atoms with van der Waals surface area (Å²) in [5.41, 5.74) is 12.1. The number of hydrogen-bond donors (Lipinski definition) is 0. The lowest BCUT2D eigenvalue weighted by Crippen LogP contribution is -2.34. The molecule has 0 saturated heterocycles. The van der Waals surface area contributed by atoms with Crippen molar-refractivity contribution >= 4 is 89.2 Å². The van der Waals surface area contributed by atoms with Crippen LogP contribution in [0, 0.1) is 6.92 Å². The van der Waals surface area contributed by atoms with E-state index in [0.29, 0.717) is 0 Å². The summed E-state index contributed by atoms with van der Waals surface area (Å²) < 4.78 is 8.93. The van der Waals surface area contributed by atoms with E-state index < -0.39 is 0 Å². The van der Waals surface area contributed by atoms with E-state index in [1.807, 2.05) is 36.5 Å². The van der Waals surface area contributed by atoms with Gasteiger partial charge in [-0.3, -0.25) is 0 Å². The van der Waals surface area contributed by atoms with Crippen LogP contribution in [-0.2, 0) is 0 Å². The van der Waals surface area contributed by atoms with Gasteiger partial charge in [-0.05, 0) is 148 Å². The molecule has 7 aromatic rings. The molecular formula is C48H38OS. The van der Waals surface area contributed by atoms with E-state index in [9.17, 15) is 0 Å². The Kier molecular flexibility index (Phi) is 7.44. The summed E-state index contributed by atoms with van der Waals surface area (Å²) in [6.45, 7) is 12.8. The average molecular weight is 663 g/mol. The van der Waals surface area contributed by atoms with Crippen molar-refractivity contribution in [3.8, 4) is 22.3 Å². The van der Waals surface area contributed by atoms with Crippen molar-refractivity contribution in [3.05, 3.63) is 143 Å². The largest absolute Gasteiger partial charge is 0.456 e. The zero-order chi connectivity index (χ0) is 33.9. The smallest absolute Gasteiger partial charge is 0.135 e. The number of hydrogen-bond acceptors (Lipinski definition) is 2. The lowest BCUT2D eigenvalue weighted by Gasteiger charge is -2.22. The van der Waals surface area contributed by atoms with Gasteiger partial charge in [-0.15, -0.1) is 11.3 Å². The number of allylic oxidation sites excluding steroid dienone is 5. The first-order valence-electron chi connectivity index (χ1n) is 17.6. The molecule has 2 heteroatoms. The fourth-order valence-corrected chi connectivity index (χ4v) is 9.38. The van der Waals surface area contributed by atoms with Gasteiger partial charge >= 0.3 is 0 Å². The second-order valence-electron chi connectivity index (χ2n) is 13.5. The molecule has 9 rings (SSSR count). The van der Waals surface area contributed by atoms with E-state index in [4.69, 9.17) is 4.42 Å². The maximum absolute atomic E-state index is 6.34. The third-order valence-electron chi connectivity index (χ3n) is 10.6. The fraction of sp³-hybridized carbons (Fsp3) is 0.125. The summed E-state index contributed by atoms with van der Waals surface area (Å²) in [6.07, 6.45) is 24.0. The zero-order valence-corrected chi connectivity index (χ0v) is 29.4. The summed E-state index contributed by atoms with van der Waals surface area (Å²) >= 11 is 1.86. The van der Waals surface area contributed by atoms with Gasteiger partial charge in [-0.2, -0.15) is 0 Å². The van der Waals surface area contributed by atoms with Crippen molar-refractivity contribution in [2.45, 2.75) is 39.5 Å². The topological polar surface area (TPSA) is 13.1 Å². The SMILES string of the molecule is C=Cc1c(C=C)c(-c2cccc(-c3ccc4sc5ccc6cc7c(C)c(/C=C\C)oc7cc6c5c4c3)c2)c2c(c1C1=CC=CCC1)=CCCC=2. The van der Waals surface area contributed by atoms with Crippen LogP contribution in [0.5, 0.6) is 0 Å². The maximum Gasteiger partial charge on any atom is 0.135 e. The number of furan rings is 1. The predicted octanol–water partition coefficient (Wildman–Crippen LogP) is 13.0. The zero-order valence-electron chi connectivity index (χ0n) is 28.6. The minimum Gasteiger partial charge on any atom is -0.456 e. The standard InChI is InChI=1S/C48H38OS/c1-5-14-42-29(4)39-27-33-22-24-45-48(40(33)28-43(39)49-42)41-26-32(21-23-44(41)50-45)31-17-13-18-34(25-31)47-36(7-3)35(6-2)46(30-15-9-8-10-16-30)37-19-11-12-20-38(37)47/h5-9,13-15,17-28H,2-3,10-12,16H2,1,4H3/b14-5-. The van der Waals surface area contributed by atoms with Gasteiger partial charge in [-0.25, -0.2) is 0 Å². The van der Waals surface area contributed by atoms with Crippen molar-refractivity contribution in [2.24, 2.45) is 0 Å². The van der Waals surface area contributed by atoms with Crippen LogP contribution in [0.1, 0.15) is 60.6 Å². The van der Waals surface area contributed by atoms with Crippen molar-refractivity contribution < 1.29 is 4.42 Å². The summed E-state index contributed by atoms with van der Waals surface area (Å²) in [7, 11) is 0. The molecule has 0 aliphatic heterocycles. The summed E-state index contributed by atoms with van der Waals surface area (Å²) in [4.78, 5) is 0. The van der Waals surface area contributed by atoms with Gasteiger partial charge in [0, 0.05) is 31.1 Å². The average Bonchev–Trinajstić information content (AvgIpc) is 3.69. The van der Waals surface area contributed by atoms with Crippen molar-refractivity contribution in [1.82, 2.24) is 0 Å². The van der Waals surface area contributed by atoms with Crippen LogP contribution in [0.4, 0.5) is 0 Å². The molecule has 2 heterocycles. The molecule has 0 bridgehead atoms. The van der Waals surface area contributed by atoms with E-state index in [-0.39, 0.29) is 0 Å². The van der Waals surface area contributed by atoms with E-state index in [2.05, 4.69) is 123 Å². The van der Waals surface area contributed by atoms with Crippen LogP contribution >= 0.6 is 11.3 Å². The molecule has 2 aliphatic carbocycles. The number of aryl methyl sites for hydroxylation is 1. The van der Waals surface area contributed by atoms with Gasteiger partial charge in [-0.1, -0.05) is 92.1 Å². The van der Waals surface area contributed by atoms with Gasteiger partial charge in [0.2, 0.25) is 0 Å². The highest BCUT2D eigenvalue weighted by Gasteiger charge is 2.20. The Morgan fingerprint density at radius 2 is 1.50 bits per heavy atom. The number of fused-ring (bicyclic) bond motifs is 7. The monoisotopic (exact) mass is 662 g/mol. The lowest BCUT2D eigenvalue weighted by atomic mass is 9.82. The Morgan fingerprint density at radius 3 is 2.28 bits per heavy atom. The fourth-order valence-electron chi connectivity index (χ4n) is 8.28. The maximum atomic E-state index is 6.34. The van der Waals surface area contributed by atoms with Crippen LogP contribution in [0.2, 0.25) is 0 Å². The Morgan fingerprint density at radius 1 is 0.740 bits per heavy atom. The van der Waals surface area contributed by atoms with E-state index in [1.165, 1.54) is 91.3 Å². The second kappa shape index (κ2) is 12.2. The Bertz CT molecular complexity index is 2810. The Labute approximate surface area is 296 Å². The third-order valence-corrected chi connectivity index (χ3v) is 11.7. The molecule has 0 N–H and O–H groups in total. The minimum absolute atomic E-state index is 0.931. The van der Waals surface area contributed by atoms with Crippen molar-refractivity contribution in [1.29, 1.82) is 0 Å². The van der Waals surface area contributed by atoms with E-state index >= 15 is 0 Å². The molecule has 0 fully saturated rings. The predicted molar refractivity (Wildman–Crippen MR) is 221 cm³/mol. The van der Waals surface area contributed by atoms with Gasteiger partial charge in [0.05, 0.1) is 0 Å². The van der Waals surface area contributed by atoms with E-state index in [0.717, 1.165) is 42.6 Å². The quantitative estimate of drug-likeness (QED) is 0.173. The Balaban J connectivity index is 1.24. The summed E-state index contributed by atoms with van der Waals surface area (Å²) in [6, 6.07) is 25.1. The minimum atomic E-state index is 0.931. The van der Waals surface area contributed by atoms with Gasteiger partial charge < -0.3 is 4.42 Å². The van der Waals surface area contributed by atoms with Crippen LogP contribution in [0.25, 0.3) is 100 Å². The van der Waals surface area contributed by atoms with Gasteiger partial charge in [0.1, 0.15) is 11.3 Å². The molecule has 2 aromatic heterocycles. The molecule has 0 radical (unpaired) electrons. The van der Waals surface area contributed by atoms with Gasteiger partial charge in [0.15, 0.2) is 0 Å². The molecular weight excluding hydrogens is 625 g/mol. The van der Waals surface area contributed by atoms with E-state index in [1.54, 1.807) is 0 Å². The molecule has 5 aromatic carbocycles. The molecule has 0 unspecified atom stereocenters. The molecule has 0 amide bonds. The number of rotatable bonds is 6. The first-order chi connectivity index (χ1) is 24.6. The van der Waals surface area contributed by atoms with Crippen LogP contribution < -0.4 is 10.4 Å². The lowest BCUT2D eigenvalue weighted by molar-refractivity contribution is 0.601. The molecule has 1 nitrogen and oxygen atoms in total. The van der Waals surface area contributed by atoms with Crippen LogP contribution in [0.3, 0.4) is 0 Å². The first-order valence-corrected chi connectivity index (χ1v) is 18.5. The molecule has 0 atom stereocenters. The van der Waals surface area contributed by atoms with Crippen LogP contribution in [-0.4, -0.2) is 0 Å². The van der Waals surface area contributed by atoms with Crippen molar-refractivity contribution in [3.63, 3.8) is 0 Å². The molecule has 50 heavy (non-hydrogen) atoms. The normalized spacial score (nSPS) is 14.3. The molecule has 242 valence electrons. The highest BCUT2D eigenvalue weighted by molar-refractivity contribution is 7.26. The van der Waals surface area contributed by atoms with Gasteiger partial charge in [0.25, 0.3) is 0 Å². The summed E-state index contributed by atoms with van der Waals surface area (Å²) in [5.74, 6) is 0.931. The highest BCUT2D eigenvalue weighted by Crippen LogP contribution is 2.42. The molecule has 2 aliphatic rings. The first kappa shape index (κ1) is 30.6. The summed E-state index contributed by atoms with van der Waals surface area (Å²) in [5, 5.41) is 8.91. The van der Waals surface area contributed by atoms with Crippen LogP contribution in [0.15, 0.2) is 109 Å². The Hall–Kier alpha value is -5.44. The number of thiophene rings is 1. The third kappa shape index (κ3) is 4.74. The highest BCUT2D eigenvalue weighted by atomic mass is 32.1. The molecule has 0 saturated carbocycles. The number of benzene rings is 5. The molecule has 0 spiro atoms. The second-order valence-corrected chi connectivity index (χ2v) is 14.5. The van der Waals surface area contributed by atoms with Crippen molar-refractivity contribution in [2.75, 3.05) is 0 Å².